The molecule has 126 valence electrons. The number of carboxylic acid groups (broad SMARTS) is 1. The number of ether oxygens (including phenoxy) is 1. The minimum atomic E-state index is -4.08. The molecule has 0 spiro atoms. The first-order chi connectivity index (χ1) is 10.8. The maximum atomic E-state index is 14.0. The monoisotopic (exact) mass is 343 g/mol. The zero-order valence-electron chi connectivity index (χ0n) is 12.7. The minimum absolute atomic E-state index is 0.0185. The van der Waals surface area contributed by atoms with Crippen LogP contribution in [0.4, 0.5) is 4.39 Å². The van der Waals surface area contributed by atoms with Gasteiger partial charge in [0.05, 0.1) is 6.61 Å². The average Bonchev–Trinajstić information content (AvgIpc) is 2.91. The first-order valence-electron chi connectivity index (χ1n) is 7.35. The summed E-state index contributed by atoms with van der Waals surface area (Å²) in [7, 11) is -4.08. The Balaban J connectivity index is 1.99. The number of nitrogens with zero attached hydrogens (tertiary/aromatic N) is 1. The Morgan fingerprint density at radius 2 is 2.22 bits per heavy atom. The van der Waals surface area contributed by atoms with Crippen LogP contribution in [-0.2, 0) is 19.6 Å². The summed E-state index contributed by atoms with van der Waals surface area (Å²) in [5.41, 5.74) is -0.621. The molecule has 2 saturated heterocycles. The summed E-state index contributed by atoms with van der Waals surface area (Å²) in [5.74, 6) is -2.22. The normalized spacial score (nSPS) is 28.5. The van der Waals surface area contributed by atoms with Gasteiger partial charge in [-0.25, -0.2) is 12.8 Å². The molecule has 0 amide bonds. The predicted octanol–water partition coefficient (Wildman–Crippen LogP) is 1.25. The number of sulfonamides is 1. The van der Waals surface area contributed by atoms with Crippen LogP contribution in [0.1, 0.15) is 12.0 Å². The third kappa shape index (κ3) is 2.54. The van der Waals surface area contributed by atoms with E-state index in [9.17, 15) is 22.7 Å². The van der Waals surface area contributed by atoms with Gasteiger partial charge in [-0.05, 0) is 37.0 Å². The highest BCUT2D eigenvalue weighted by Crippen LogP contribution is 2.43. The Kier molecular flexibility index (Phi) is 3.94. The van der Waals surface area contributed by atoms with Crippen molar-refractivity contribution in [1.82, 2.24) is 4.31 Å². The van der Waals surface area contributed by atoms with Crippen LogP contribution in [0.25, 0.3) is 0 Å². The smallest absolute Gasteiger partial charge is 0.313 e. The van der Waals surface area contributed by atoms with E-state index < -0.39 is 32.1 Å². The van der Waals surface area contributed by atoms with Crippen molar-refractivity contribution >= 4 is 16.0 Å². The molecule has 0 aliphatic carbocycles. The van der Waals surface area contributed by atoms with Crippen molar-refractivity contribution in [1.29, 1.82) is 0 Å². The Labute approximate surface area is 133 Å². The van der Waals surface area contributed by atoms with Crippen molar-refractivity contribution in [3.05, 3.63) is 29.6 Å². The molecule has 0 aromatic heterocycles. The molecule has 2 fully saturated rings. The van der Waals surface area contributed by atoms with E-state index in [0.29, 0.717) is 18.6 Å². The van der Waals surface area contributed by atoms with Crippen molar-refractivity contribution in [2.75, 3.05) is 26.3 Å². The number of aliphatic carboxylic acids is 1. The first-order valence-corrected chi connectivity index (χ1v) is 8.79. The molecule has 1 N–H and O–H groups in total. The van der Waals surface area contributed by atoms with E-state index in [4.69, 9.17) is 4.74 Å². The van der Waals surface area contributed by atoms with Gasteiger partial charge in [-0.15, -0.1) is 0 Å². The molecule has 2 atom stereocenters. The summed E-state index contributed by atoms with van der Waals surface area (Å²) in [6.45, 7) is 1.95. The fourth-order valence-corrected chi connectivity index (χ4v) is 5.08. The van der Waals surface area contributed by atoms with Crippen molar-refractivity contribution < 1.29 is 27.4 Å². The molecule has 2 heterocycles. The maximum Gasteiger partial charge on any atom is 0.313 e. The van der Waals surface area contributed by atoms with E-state index in [1.54, 1.807) is 6.92 Å². The van der Waals surface area contributed by atoms with Gasteiger partial charge >= 0.3 is 5.97 Å². The lowest BCUT2D eigenvalue weighted by Crippen LogP contribution is -2.46. The van der Waals surface area contributed by atoms with E-state index in [2.05, 4.69) is 0 Å². The van der Waals surface area contributed by atoms with E-state index in [-0.39, 0.29) is 25.6 Å². The fourth-order valence-electron chi connectivity index (χ4n) is 3.37. The lowest BCUT2D eigenvalue weighted by atomic mass is 9.76. The van der Waals surface area contributed by atoms with E-state index >= 15 is 0 Å². The molecule has 23 heavy (non-hydrogen) atoms. The van der Waals surface area contributed by atoms with Gasteiger partial charge < -0.3 is 9.84 Å². The Morgan fingerprint density at radius 3 is 2.87 bits per heavy atom. The molecule has 1 aromatic carbocycles. The fraction of sp³-hybridized carbons (Fsp3) is 0.533. The van der Waals surface area contributed by atoms with Gasteiger partial charge in [0.2, 0.25) is 10.0 Å². The zero-order chi connectivity index (χ0) is 16.8. The second-order valence-electron chi connectivity index (χ2n) is 6.23. The number of aryl methyl sites for hydroxylation is 1. The minimum Gasteiger partial charge on any atom is -0.481 e. The third-order valence-electron chi connectivity index (χ3n) is 4.76. The molecule has 0 bridgehead atoms. The summed E-state index contributed by atoms with van der Waals surface area (Å²) in [6, 6.07) is 3.88. The van der Waals surface area contributed by atoms with Crippen LogP contribution in [0, 0.1) is 24.1 Å². The summed E-state index contributed by atoms with van der Waals surface area (Å²) < 4.78 is 45.9. The first kappa shape index (κ1) is 16.4. The summed E-state index contributed by atoms with van der Waals surface area (Å²) in [4.78, 5) is 11.3. The molecule has 2 aliphatic rings. The number of rotatable bonds is 3. The summed E-state index contributed by atoms with van der Waals surface area (Å²) in [6.07, 6.45) is 0.481. The molecule has 0 saturated carbocycles. The average molecular weight is 343 g/mol. The van der Waals surface area contributed by atoms with Crippen molar-refractivity contribution in [3.8, 4) is 0 Å². The number of benzene rings is 1. The van der Waals surface area contributed by atoms with Crippen LogP contribution in [-0.4, -0.2) is 50.1 Å². The van der Waals surface area contributed by atoms with E-state index in [0.717, 1.165) is 10.4 Å². The van der Waals surface area contributed by atoms with Crippen molar-refractivity contribution in [2.45, 2.75) is 18.2 Å². The number of carboxylic acids is 1. The van der Waals surface area contributed by atoms with E-state index in [1.807, 2.05) is 0 Å². The van der Waals surface area contributed by atoms with Crippen molar-refractivity contribution in [2.24, 2.45) is 11.3 Å². The topological polar surface area (TPSA) is 83.9 Å². The summed E-state index contributed by atoms with van der Waals surface area (Å²) >= 11 is 0. The van der Waals surface area contributed by atoms with Gasteiger partial charge in [-0.3, -0.25) is 4.79 Å². The Hall–Kier alpha value is -1.51. The molecular weight excluding hydrogens is 325 g/mol. The zero-order valence-corrected chi connectivity index (χ0v) is 13.5. The largest absolute Gasteiger partial charge is 0.481 e. The van der Waals surface area contributed by atoms with Crippen LogP contribution in [0.5, 0.6) is 0 Å². The predicted molar refractivity (Wildman–Crippen MR) is 78.9 cm³/mol. The van der Waals surface area contributed by atoms with Crippen LogP contribution in [0.3, 0.4) is 0 Å². The third-order valence-corrected chi connectivity index (χ3v) is 6.59. The quantitative estimate of drug-likeness (QED) is 0.893. The number of hydrogen-bond donors (Lipinski definition) is 1. The van der Waals surface area contributed by atoms with Gasteiger partial charge in [0.25, 0.3) is 0 Å². The van der Waals surface area contributed by atoms with Crippen molar-refractivity contribution in [3.63, 3.8) is 0 Å². The molecule has 0 radical (unpaired) electrons. The standard InChI is InChI=1S/C15H18FNO5S/c1-10-2-3-12(16)13(6-10)23(20,21)17-7-11-4-5-22-9-15(11,8-17)14(18)19/h2-3,6,11H,4-5,7-9H2,1H3,(H,18,19)/t11-,15+/m0/s1. The molecule has 6 nitrogen and oxygen atoms in total. The number of hydrogen-bond acceptors (Lipinski definition) is 4. The number of carbonyl (C=O) groups is 1. The molecule has 0 unspecified atom stereocenters. The molecule has 1 aromatic rings. The van der Waals surface area contributed by atoms with E-state index in [1.165, 1.54) is 12.1 Å². The highest BCUT2D eigenvalue weighted by molar-refractivity contribution is 7.89. The van der Waals surface area contributed by atoms with Gasteiger partial charge in [0.1, 0.15) is 16.1 Å². The van der Waals surface area contributed by atoms with Crippen LogP contribution in [0.15, 0.2) is 23.1 Å². The lowest BCUT2D eigenvalue weighted by molar-refractivity contribution is -0.159. The molecule has 3 rings (SSSR count). The van der Waals surface area contributed by atoms with Crippen LogP contribution < -0.4 is 0 Å². The highest BCUT2D eigenvalue weighted by atomic mass is 32.2. The molecule has 2 aliphatic heterocycles. The van der Waals surface area contributed by atoms with Gasteiger partial charge in [0, 0.05) is 19.7 Å². The SMILES string of the molecule is Cc1ccc(F)c(S(=O)(=O)N2C[C@@H]3CCOC[C@]3(C(=O)O)C2)c1. The molecule has 8 heteroatoms. The second kappa shape index (κ2) is 5.54. The lowest BCUT2D eigenvalue weighted by Gasteiger charge is -2.34. The van der Waals surface area contributed by atoms with Crippen LogP contribution >= 0.6 is 0 Å². The highest BCUT2D eigenvalue weighted by Gasteiger charge is 2.56. The summed E-state index contributed by atoms with van der Waals surface area (Å²) in [5, 5.41) is 9.58. The van der Waals surface area contributed by atoms with Gasteiger partial charge in [0.15, 0.2) is 0 Å². The molecular formula is C15H18FNO5S. The van der Waals surface area contributed by atoms with Gasteiger partial charge in [-0.1, -0.05) is 6.07 Å². The Morgan fingerprint density at radius 1 is 1.48 bits per heavy atom. The van der Waals surface area contributed by atoms with Gasteiger partial charge in [-0.2, -0.15) is 4.31 Å². The number of halogens is 1. The second-order valence-corrected chi connectivity index (χ2v) is 8.14. The number of fused-ring (bicyclic) bond motifs is 1. The van der Waals surface area contributed by atoms with Crippen LogP contribution in [0.2, 0.25) is 0 Å². The Bertz CT molecular complexity index is 750. The maximum absolute atomic E-state index is 14.0.